The van der Waals surface area contributed by atoms with Crippen molar-refractivity contribution in [3.05, 3.63) is 94.5 Å². The molecule has 0 aliphatic heterocycles. The monoisotopic (exact) mass is 485 g/mol. The third-order valence-corrected chi connectivity index (χ3v) is 6.65. The Morgan fingerprint density at radius 3 is 2.18 bits per heavy atom. The quantitative estimate of drug-likeness (QED) is 0.443. The fourth-order valence-electron chi connectivity index (χ4n) is 3.14. The maximum atomic E-state index is 12.6. The van der Waals surface area contributed by atoms with Gasteiger partial charge >= 0.3 is 0 Å². The van der Waals surface area contributed by atoms with Crippen molar-refractivity contribution >= 4 is 39.1 Å². The van der Waals surface area contributed by atoms with Crippen LogP contribution in [0.15, 0.2) is 77.7 Å². The molecular weight excluding hydrogens is 462 g/mol. The second-order valence-corrected chi connectivity index (χ2v) is 9.62. The highest BCUT2D eigenvalue weighted by Gasteiger charge is 2.15. The van der Waals surface area contributed by atoms with Crippen molar-refractivity contribution in [2.75, 3.05) is 5.32 Å². The van der Waals surface area contributed by atoms with Gasteiger partial charge in [0, 0.05) is 29.7 Å². The minimum atomic E-state index is -3.74. The van der Waals surface area contributed by atoms with Gasteiger partial charge in [-0.05, 0) is 60.5 Å². The van der Waals surface area contributed by atoms with E-state index in [1.807, 2.05) is 25.1 Å². The molecule has 0 saturated heterocycles. The zero-order valence-corrected chi connectivity index (χ0v) is 19.7. The average molecular weight is 486 g/mol. The third kappa shape index (κ3) is 6.64. The van der Waals surface area contributed by atoms with Gasteiger partial charge in [0.25, 0.3) is 5.91 Å². The van der Waals surface area contributed by atoms with Crippen molar-refractivity contribution in [3.8, 4) is 0 Å². The molecule has 33 heavy (non-hydrogen) atoms. The molecule has 9 heteroatoms. The Labute approximate surface area is 198 Å². The number of hydrogen-bond acceptors (Lipinski definition) is 4. The molecule has 2 amide bonds. The fraction of sp³-hybridized carbons (Fsp3) is 0.167. The average Bonchev–Trinajstić information content (AvgIpc) is 2.78. The molecule has 1 unspecified atom stereocenters. The van der Waals surface area contributed by atoms with E-state index in [-0.39, 0.29) is 29.3 Å². The first-order chi connectivity index (χ1) is 15.7. The van der Waals surface area contributed by atoms with E-state index in [9.17, 15) is 18.0 Å². The van der Waals surface area contributed by atoms with Gasteiger partial charge in [-0.3, -0.25) is 9.59 Å². The minimum Gasteiger partial charge on any atom is -0.345 e. The standard InChI is InChI=1S/C24H24ClN3O4S/c1-16(22-5-3-4-6-23(22)25)27-24(30)19-9-7-18(8-10-19)15-26-33(31,32)21-13-11-20(12-14-21)28-17(2)29/h3-14,16,26H,15H2,1-2H3,(H,27,30)(H,28,29). The number of hydrogen-bond donors (Lipinski definition) is 3. The van der Waals surface area contributed by atoms with Crippen LogP contribution in [0.1, 0.15) is 41.4 Å². The molecule has 3 N–H and O–H groups in total. The van der Waals surface area contributed by atoms with E-state index < -0.39 is 10.0 Å². The van der Waals surface area contributed by atoms with Gasteiger partial charge < -0.3 is 10.6 Å². The molecule has 3 rings (SSSR count). The molecule has 0 radical (unpaired) electrons. The van der Waals surface area contributed by atoms with Crippen LogP contribution in [0.5, 0.6) is 0 Å². The van der Waals surface area contributed by atoms with E-state index in [0.717, 1.165) is 5.56 Å². The summed E-state index contributed by atoms with van der Waals surface area (Å²) in [6.45, 7) is 3.29. The van der Waals surface area contributed by atoms with Gasteiger partial charge in [-0.25, -0.2) is 13.1 Å². The summed E-state index contributed by atoms with van der Waals surface area (Å²) in [5, 5.41) is 6.07. The lowest BCUT2D eigenvalue weighted by atomic mass is 10.1. The van der Waals surface area contributed by atoms with Crippen molar-refractivity contribution in [2.24, 2.45) is 0 Å². The van der Waals surface area contributed by atoms with Gasteiger partial charge in [-0.2, -0.15) is 0 Å². The van der Waals surface area contributed by atoms with Gasteiger partial charge in [-0.1, -0.05) is 41.9 Å². The smallest absolute Gasteiger partial charge is 0.251 e. The van der Waals surface area contributed by atoms with Crippen LogP contribution >= 0.6 is 11.6 Å². The number of anilines is 1. The number of carbonyl (C=O) groups excluding carboxylic acids is 2. The summed E-state index contributed by atoms with van der Waals surface area (Å²) in [6, 6.07) is 19.6. The number of carbonyl (C=O) groups is 2. The molecule has 0 aromatic heterocycles. The van der Waals surface area contributed by atoms with E-state index in [2.05, 4.69) is 15.4 Å². The molecule has 0 bridgehead atoms. The van der Waals surface area contributed by atoms with Gasteiger partial charge in [-0.15, -0.1) is 0 Å². The zero-order valence-electron chi connectivity index (χ0n) is 18.1. The summed E-state index contributed by atoms with van der Waals surface area (Å²) in [6.07, 6.45) is 0. The molecule has 172 valence electrons. The van der Waals surface area contributed by atoms with E-state index in [0.29, 0.717) is 21.8 Å². The highest BCUT2D eigenvalue weighted by atomic mass is 35.5. The number of amides is 2. The molecule has 0 heterocycles. The maximum absolute atomic E-state index is 12.6. The van der Waals surface area contributed by atoms with Crippen LogP contribution in [-0.2, 0) is 21.4 Å². The molecule has 0 fully saturated rings. The van der Waals surface area contributed by atoms with Crippen LogP contribution in [0, 0.1) is 0 Å². The van der Waals surface area contributed by atoms with Crippen LogP contribution in [0.4, 0.5) is 5.69 Å². The van der Waals surface area contributed by atoms with Crippen LogP contribution in [0.3, 0.4) is 0 Å². The number of rotatable bonds is 8. The molecule has 3 aromatic carbocycles. The van der Waals surface area contributed by atoms with Crippen molar-refractivity contribution < 1.29 is 18.0 Å². The molecule has 7 nitrogen and oxygen atoms in total. The lowest BCUT2D eigenvalue weighted by molar-refractivity contribution is -0.114. The molecule has 0 aliphatic rings. The highest BCUT2D eigenvalue weighted by Crippen LogP contribution is 2.22. The topological polar surface area (TPSA) is 104 Å². The Balaban J connectivity index is 1.59. The van der Waals surface area contributed by atoms with Gasteiger partial charge in [0.2, 0.25) is 15.9 Å². The Morgan fingerprint density at radius 2 is 1.58 bits per heavy atom. The lowest BCUT2D eigenvalue weighted by Gasteiger charge is -2.16. The number of sulfonamides is 1. The first-order valence-electron chi connectivity index (χ1n) is 10.2. The summed E-state index contributed by atoms with van der Waals surface area (Å²) in [5.41, 5.74) is 2.49. The van der Waals surface area contributed by atoms with E-state index in [1.165, 1.54) is 31.2 Å². The predicted molar refractivity (Wildman–Crippen MR) is 129 cm³/mol. The van der Waals surface area contributed by atoms with Gasteiger partial charge in [0.15, 0.2) is 0 Å². The number of nitrogens with one attached hydrogen (secondary N) is 3. The summed E-state index contributed by atoms with van der Waals surface area (Å²) in [4.78, 5) is 23.7. The Morgan fingerprint density at radius 1 is 0.939 bits per heavy atom. The van der Waals surface area contributed by atoms with Crippen molar-refractivity contribution in [2.45, 2.75) is 31.3 Å². The van der Waals surface area contributed by atoms with E-state index in [1.54, 1.807) is 30.3 Å². The Bertz CT molecular complexity index is 1240. The molecule has 3 aromatic rings. The zero-order chi connectivity index (χ0) is 24.0. The maximum Gasteiger partial charge on any atom is 0.251 e. The Kier molecular flexibility index (Phi) is 7.86. The first kappa shape index (κ1) is 24.4. The Hall–Kier alpha value is -3.20. The van der Waals surface area contributed by atoms with Crippen molar-refractivity contribution in [1.29, 1.82) is 0 Å². The molecule has 0 spiro atoms. The van der Waals surface area contributed by atoms with Crippen LogP contribution in [-0.4, -0.2) is 20.2 Å². The largest absolute Gasteiger partial charge is 0.345 e. The molecule has 0 aliphatic carbocycles. The lowest BCUT2D eigenvalue weighted by Crippen LogP contribution is -2.27. The molecule has 0 saturated carbocycles. The van der Waals surface area contributed by atoms with Gasteiger partial charge in [0.1, 0.15) is 0 Å². The minimum absolute atomic E-state index is 0.0632. The van der Waals surface area contributed by atoms with E-state index in [4.69, 9.17) is 11.6 Å². The van der Waals surface area contributed by atoms with Crippen molar-refractivity contribution in [3.63, 3.8) is 0 Å². The second kappa shape index (κ2) is 10.6. The van der Waals surface area contributed by atoms with Crippen LogP contribution < -0.4 is 15.4 Å². The van der Waals surface area contributed by atoms with Crippen molar-refractivity contribution in [1.82, 2.24) is 10.0 Å². The normalized spacial score (nSPS) is 12.1. The van der Waals surface area contributed by atoms with Gasteiger partial charge in [0.05, 0.1) is 10.9 Å². The van der Waals surface area contributed by atoms with Crippen LogP contribution in [0.25, 0.3) is 0 Å². The second-order valence-electron chi connectivity index (χ2n) is 7.44. The fourth-order valence-corrected chi connectivity index (χ4v) is 4.46. The summed E-state index contributed by atoms with van der Waals surface area (Å²) in [7, 11) is -3.74. The first-order valence-corrected chi connectivity index (χ1v) is 12.0. The molecular formula is C24H24ClN3O4S. The summed E-state index contributed by atoms with van der Waals surface area (Å²) in [5.74, 6) is -0.493. The SMILES string of the molecule is CC(=O)Nc1ccc(S(=O)(=O)NCc2ccc(C(=O)NC(C)c3ccccc3Cl)cc2)cc1. The van der Waals surface area contributed by atoms with E-state index >= 15 is 0 Å². The predicted octanol–water partition coefficient (Wildman–Crippen LogP) is 4.27. The third-order valence-electron chi connectivity index (χ3n) is 4.89. The van der Waals surface area contributed by atoms with Crippen LogP contribution in [0.2, 0.25) is 5.02 Å². The number of halogens is 1. The summed E-state index contributed by atoms with van der Waals surface area (Å²) < 4.78 is 27.6. The highest BCUT2D eigenvalue weighted by molar-refractivity contribution is 7.89. The summed E-state index contributed by atoms with van der Waals surface area (Å²) >= 11 is 6.19. The molecule has 1 atom stereocenters. The number of benzene rings is 3.